The van der Waals surface area contributed by atoms with Crippen LogP contribution in [-0.4, -0.2) is 97.5 Å². The molecular weight excluding hydrogens is 470 g/mol. The molecule has 11 nitrogen and oxygen atoms in total. The Balaban J connectivity index is 1.46. The van der Waals surface area contributed by atoms with Crippen molar-refractivity contribution in [3.63, 3.8) is 0 Å². The average molecular weight is 504 g/mol. The molecule has 196 valence electrons. The Kier molecular flexibility index (Phi) is 10.7. The van der Waals surface area contributed by atoms with Crippen molar-refractivity contribution in [2.45, 2.75) is 18.9 Å². The zero-order valence-corrected chi connectivity index (χ0v) is 20.7. The molecule has 1 saturated heterocycles. The molecule has 1 N–H and O–H groups in total. The van der Waals surface area contributed by atoms with Gasteiger partial charge in [-0.1, -0.05) is 11.8 Å². The minimum Gasteiger partial charge on any atom is -0.394 e. The monoisotopic (exact) mass is 503 g/mol. The van der Waals surface area contributed by atoms with E-state index >= 15 is 0 Å². The van der Waals surface area contributed by atoms with Gasteiger partial charge in [-0.25, -0.2) is 4.79 Å². The lowest BCUT2D eigenvalue weighted by Gasteiger charge is -2.28. The van der Waals surface area contributed by atoms with Gasteiger partial charge in [0.05, 0.1) is 63.9 Å². The fourth-order valence-electron chi connectivity index (χ4n) is 3.87. The molecule has 2 amide bonds. The summed E-state index contributed by atoms with van der Waals surface area (Å²) >= 11 is 0. The van der Waals surface area contributed by atoms with E-state index in [4.69, 9.17) is 24.1 Å². The molecule has 1 aliphatic heterocycles. The van der Waals surface area contributed by atoms with Crippen LogP contribution in [0.4, 0.5) is 0 Å². The smallest absolute Gasteiger partial charge is 0.329 e. The largest absolute Gasteiger partial charge is 0.394 e. The van der Waals surface area contributed by atoms with Gasteiger partial charge in [-0.3, -0.25) is 23.6 Å². The number of fused-ring (bicyclic) bond motifs is 1. The third kappa shape index (κ3) is 7.02. The summed E-state index contributed by atoms with van der Waals surface area (Å²) in [5.74, 6) is 5.37. The quantitative estimate of drug-likeness (QED) is 0.232. The molecule has 36 heavy (non-hydrogen) atoms. The van der Waals surface area contributed by atoms with Crippen LogP contribution in [0.25, 0.3) is 11.0 Å². The molecular formula is C25H33N3O8. The van der Waals surface area contributed by atoms with Gasteiger partial charge in [0.2, 0.25) is 5.91 Å². The Bertz CT molecular complexity index is 1160. The normalized spacial score (nSPS) is 16.0. The average Bonchev–Trinajstić information content (AvgIpc) is 3.12. The van der Waals surface area contributed by atoms with Crippen molar-refractivity contribution in [2.75, 3.05) is 66.5 Å². The number of aryl methyl sites for hydroxylation is 1. The summed E-state index contributed by atoms with van der Waals surface area (Å²) < 4.78 is 24.2. The summed E-state index contributed by atoms with van der Waals surface area (Å²) in [6.45, 7) is 3.18. The third-order valence-corrected chi connectivity index (χ3v) is 5.78. The summed E-state index contributed by atoms with van der Waals surface area (Å²) in [7, 11) is 3.10. The SMILES string of the molecule is CN1C(=O)CCC(n2c(=O)n(C)c3cc(C#CCOCCOCCOCCOCCO)ccc32)C1=O. The minimum atomic E-state index is -0.700. The summed E-state index contributed by atoms with van der Waals surface area (Å²) in [5.41, 5.74) is 1.71. The van der Waals surface area contributed by atoms with Crippen molar-refractivity contribution >= 4 is 22.8 Å². The summed E-state index contributed by atoms with van der Waals surface area (Å²) in [5, 5.41) is 8.58. The zero-order valence-electron chi connectivity index (χ0n) is 20.7. The number of imide groups is 1. The van der Waals surface area contributed by atoms with Crippen molar-refractivity contribution in [3.8, 4) is 11.8 Å². The van der Waals surface area contributed by atoms with Gasteiger partial charge in [0, 0.05) is 26.1 Å². The molecule has 1 unspecified atom stereocenters. The van der Waals surface area contributed by atoms with Crippen molar-refractivity contribution in [1.29, 1.82) is 0 Å². The number of aromatic nitrogens is 2. The van der Waals surface area contributed by atoms with E-state index in [1.165, 1.54) is 16.2 Å². The number of hydrogen-bond donors (Lipinski definition) is 1. The van der Waals surface area contributed by atoms with Gasteiger partial charge in [-0.15, -0.1) is 0 Å². The molecule has 0 saturated carbocycles. The molecule has 3 rings (SSSR count). The molecule has 0 aliphatic carbocycles. The second-order valence-electron chi connectivity index (χ2n) is 8.18. The maximum Gasteiger partial charge on any atom is 0.329 e. The Morgan fingerprint density at radius 3 is 2.22 bits per heavy atom. The lowest BCUT2D eigenvalue weighted by Crippen LogP contribution is -2.45. The number of piperidine rings is 1. The van der Waals surface area contributed by atoms with Crippen LogP contribution in [0.15, 0.2) is 23.0 Å². The summed E-state index contributed by atoms with van der Waals surface area (Å²) in [4.78, 5) is 38.5. The number of carbonyl (C=O) groups is 2. The first-order valence-corrected chi connectivity index (χ1v) is 11.9. The topological polar surface area (TPSA) is 121 Å². The van der Waals surface area contributed by atoms with Crippen molar-refractivity contribution in [1.82, 2.24) is 14.0 Å². The van der Waals surface area contributed by atoms with E-state index in [2.05, 4.69) is 11.8 Å². The molecule has 1 aliphatic rings. The molecule has 1 aromatic carbocycles. The molecule has 2 heterocycles. The first kappa shape index (κ1) is 27.6. The molecule has 1 fully saturated rings. The number of aliphatic hydroxyl groups is 1. The number of likely N-dealkylation sites (tertiary alicyclic amines) is 1. The van der Waals surface area contributed by atoms with Gasteiger partial charge in [-0.05, 0) is 24.6 Å². The van der Waals surface area contributed by atoms with Gasteiger partial charge >= 0.3 is 5.69 Å². The predicted octanol–water partition coefficient (Wildman–Crippen LogP) is 0.0701. The Labute approximate surface area is 209 Å². The highest BCUT2D eigenvalue weighted by Crippen LogP contribution is 2.26. The third-order valence-electron chi connectivity index (χ3n) is 5.78. The van der Waals surface area contributed by atoms with E-state index in [1.807, 2.05) is 0 Å². The van der Waals surface area contributed by atoms with Gasteiger partial charge in [-0.2, -0.15) is 0 Å². The van der Waals surface area contributed by atoms with E-state index in [9.17, 15) is 14.4 Å². The fourth-order valence-corrected chi connectivity index (χ4v) is 3.87. The van der Waals surface area contributed by atoms with Crippen LogP contribution < -0.4 is 5.69 Å². The minimum absolute atomic E-state index is 0.00443. The molecule has 2 aromatic rings. The second-order valence-corrected chi connectivity index (χ2v) is 8.18. The van der Waals surface area contributed by atoms with Crippen LogP contribution >= 0.6 is 0 Å². The van der Waals surface area contributed by atoms with Gasteiger partial charge in [0.15, 0.2) is 0 Å². The number of rotatable bonds is 13. The number of nitrogens with zero attached hydrogens (tertiary/aromatic N) is 3. The van der Waals surface area contributed by atoms with Crippen LogP contribution in [0.2, 0.25) is 0 Å². The zero-order chi connectivity index (χ0) is 25.9. The fraction of sp³-hybridized carbons (Fsp3) is 0.560. The Hall–Kier alpha value is -3.01. The number of hydrogen-bond acceptors (Lipinski definition) is 8. The standard InChI is InChI=1S/C25H33N3O8/c1-26-22-18-19(4-3-10-33-12-14-35-16-17-36-15-13-34-11-9-29)5-6-20(22)28(25(26)32)21-7-8-23(30)27(2)24(21)31/h5-6,18,21,29H,7-17H2,1-2H3. The van der Waals surface area contributed by atoms with E-state index in [0.29, 0.717) is 63.7 Å². The summed E-state index contributed by atoms with van der Waals surface area (Å²) in [6, 6.07) is 4.68. The van der Waals surface area contributed by atoms with Crippen LogP contribution in [0.1, 0.15) is 24.4 Å². The summed E-state index contributed by atoms with van der Waals surface area (Å²) in [6.07, 6.45) is 0.525. The first-order chi connectivity index (χ1) is 17.5. The molecule has 1 atom stereocenters. The molecule has 0 bridgehead atoms. The molecule has 1 aromatic heterocycles. The van der Waals surface area contributed by atoms with E-state index in [1.54, 1.807) is 25.2 Å². The lowest BCUT2D eigenvalue weighted by atomic mass is 10.0. The van der Waals surface area contributed by atoms with E-state index in [0.717, 1.165) is 10.5 Å². The highest BCUT2D eigenvalue weighted by molar-refractivity contribution is 5.99. The highest BCUT2D eigenvalue weighted by atomic mass is 16.6. The number of benzene rings is 1. The number of aliphatic hydroxyl groups excluding tert-OH is 1. The van der Waals surface area contributed by atoms with Crippen LogP contribution in [0.3, 0.4) is 0 Å². The second kappa shape index (κ2) is 13.9. The van der Waals surface area contributed by atoms with Gasteiger partial charge < -0.3 is 24.1 Å². The molecule has 11 heteroatoms. The molecule has 0 radical (unpaired) electrons. The van der Waals surface area contributed by atoms with Gasteiger partial charge in [0.1, 0.15) is 12.6 Å². The predicted molar refractivity (Wildman–Crippen MR) is 130 cm³/mol. The molecule has 0 spiro atoms. The van der Waals surface area contributed by atoms with Crippen LogP contribution in [-0.2, 0) is 35.6 Å². The number of amides is 2. The van der Waals surface area contributed by atoms with Crippen LogP contribution in [0.5, 0.6) is 0 Å². The number of carbonyl (C=O) groups excluding carboxylic acids is 2. The van der Waals surface area contributed by atoms with E-state index in [-0.39, 0.29) is 37.1 Å². The Morgan fingerprint density at radius 2 is 1.56 bits per heavy atom. The van der Waals surface area contributed by atoms with Crippen molar-refractivity contribution in [2.24, 2.45) is 7.05 Å². The number of ether oxygens (including phenoxy) is 4. The number of likely N-dealkylation sites (N-methyl/N-ethyl adjacent to an activating group) is 1. The maximum absolute atomic E-state index is 12.9. The Morgan fingerprint density at radius 1 is 0.917 bits per heavy atom. The van der Waals surface area contributed by atoms with E-state index < -0.39 is 6.04 Å². The van der Waals surface area contributed by atoms with Crippen LogP contribution in [0, 0.1) is 11.8 Å². The van der Waals surface area contributed by atoms with Gasteiger partial charge in [0.25, 0.3) is 5.91 Å². The maximum atomic E-state index is 12.9. The highest BCUT2D eigenvalue weighted by Gasteiger charge is 2.35. The van der Waals surface area contributed by atoms with Crippen molar-refractivity contribution < 1.29 is 33.6 Å². The van der Waals surface area contributed by atoms with Crippen molar-refractivity contribution in [3.05, 3.63) is 34.2 Å². The lowest BCUT2D eigenvalue weighted by molar-refractivity contribution is -0.149. The first-order valence-electron chi connectivity index (χ1n) is 11.9. The number of imidazole rings is 1.